The zero-order chi connectivity index (χ0) is 21.0. The molecule has 0 aliphatic heterocycles. The normalized spacial score (nSPS) is 11.2. The first-order valence-corrected chi connectivity index (χ1v) is 10.1. The van der Waals surface area contributed by atoms with Crippen LogP contribution in [0.1, 0.15) is 21.5 Å². The van der Waals surface area contributed by atoms with Crippen LogP contribution in [-0.4, -0.2) is 19.5 Å². The summed E-state index contributed by atoms with van der Waals surface area (Å²) in [6, 6.07) is 15.9. The van der Waals surface area contributed by atoms with Crippen molar-refractivity contribution in [3.63, 3.8) is 0 Å². The Balaban J connectivity index is 1.66. The number of anilines is 1. The molecule has 3 aromatic rings. The Hall–Kier alpha value is -3.26. The molecule has 5 nitrogen and oxygen atoms in total. The molecule has 0 saturated heterocycles. The minimum atomic E-state index is -4.40. The van der Waals surface area contributed by atoms with Crippen molar-refractivity contribution in [1.29, 1.82) is 0 Å². The van der Waals surface area contributed by atoms with E-state index in [1.54, 1.807) is 24.3 Å². The van der Waals surface area contributed by atoms with Crippen LogP contribution in [-0.2, 0) is 22.9 Å². The summed E-state index contributed by atoms with van der Waals surface area (Å²) >= 11 is 0. The van der Waals surface area contributed by atoms with Crippen molar-refractivity contribution in [2.75, 3.05) is 4.72 Å². The number of aryl methyl sites for hydroxylation is 2. The lowest BCUT2D eigenvalue weighted by Gasteiger charge is -2.10. The van der Waals surface area contributed by atoms with Gasteiger partial charge >= 0.3 is 5.97 Å². The third kappa shape index (κ3) is 4.97. The largest absolute Gasteiger partial charge is 0.478 e. The Bertz CT molecular complexity index is 1110. The standard InChI is InChI=1S/C21H17F2NO4S/c22-18-2-1-3-19(23)20(18)29(27,28)24-17-12-8-15(9-13-17)5-4-14-6-10-16(11-7-14)21(25)26/h1-3,6-13,24H,4-5H2,(H,25,26). The number of carboxylic acid groups (broad SMARTS) is 1. The van der Waals surface area contributed by atoms with Gasteiger partial charge < -0.3 is 5.11 Å². The molecule has 2 N–H and O–H groups in total. The molecular formula is C21H17F2NO4S. The molecule has 0 fully saturated rings. The number of carbonyl (C=O) groups is 1. The smallest absolute Gasteiger partial charge is 0.335 e. The topological polar surface area (TPSA) is 83.5 Å². The van der Waals surface area contributed by atoms with E-state index in [2.05, 4.69) is 4.72 Å². The highest BCUT2D eigenvalue weighted by atomic mass is 32.2. The van der Waals surface area contributed by atoms with E-state index in [-0.39, 0.29) is 11.3 Å². The highest BCUT2D eigenvalue weighted by Crippen LogP contribution is 2.22. The molecule has 0 aliphatic carbocycles. The Morgan fingerprint density at radius 3 is 1.79 bits per heavy atom. The van der Waals surface area contributed by atoms with Gasteiger partial charge in [-0.3, -0.25) is 4.72 Å². The van der Waals surface area contributed by atoms with Gasteiger partial charge in [-0.05, 0) is 60.4 Å². The molecule has 0 atom stereocenters. The van der Waals surface area contributed by atoms with E-state index < -0.39 is 32.5 Å². The third-order valence-electron chi connectivity index (χ3n) is 4.30. The van der Waals surface area contributed by atoms with Crippen molar-refractivity contribution < 1.29 is 27.1 Å². The molecule has 0 aliphatic rings. The van der Waals surface area contributed by atoms with Gasteiger partial charge in [-0.2, -0.15) is 0 Å². The number of aromatic carboxylic acids is 1. The highest BCUT2D eigenvalue weighted by Gasteiger charge is 2.23. The Morgan fingerprint density at radius 2 is 1.31 bits per heavy atom. The first kappa shape index (κ1) is 20.5. The van der Waals surface area contributed by atoms with Gasteiger partial charge in [0.05, 0.1) is 5.56 Å². The maximum absolute atomic E-state index is 13.8. The number of carboxylic acids is 1. The molecule has 150 valence electrons. The van der Waals surface area contributed by atoms with Crippen LogP contribution in [0.2, 0.25) is 0 Å². The average Bonchev–Trinajstić information content (AvgIpc) is 2.67. The van der Waals surface area contributed by atoms with Gasteiger partial charge in [-0.1, -0.05) is 30.3 Å². The van der Waals surface area contributed by atoms with E-state index in [1.807, 2.05) is 0 Å². The number of hydrogen-bond donors (Lipinski definition) is 2. The molecule has 0 amide bonds. The molecule has 0 saturated carbocycles. The molecule has 0 spiro atoms. The second-order valence-corrected chi connectivity index (χ2v) is 7.97. The fourth-order valence-corrected chi connectivity index (χ4v) is 3.99. The summed E-state index contributed by atoms with van der Waals surface area (Å²) in [5.41, 5.74) is 2.29. The van der Waals surface area contributed by atoms with Gasteiger partial charge in [0.1, 0.15) is 11.6 Å². The van der Waals surface area contributed by atoms with Crippen LogP contribution < -0.4 is 4.72 Å². The van der Waals surface area contributed by atoms with Crippen molar-refractivity contribution in [2.45, 2.75) is 17.7 Å². The number of sulfonamides is 1. The predicted molar refractivity (Wildman–Crippen MR) is 104 cm³/mol. The molecule has 0 radical (unpaired) electrons. The second kappa shape index (κ2) is 8.40. The Labute approximate surface area is 166 Å². The van der Waals surface area contributed by atoms with Crippen molar-refractivity contribution >= 4 is 21.7 Å². The fourth-order valence-electron chi connectivity index (χ4n) is 2.79. The van der Waals surface area contributed by atoms with Crippen molar-refractivity contribution in [1.82, 2.24) is 0 Å². The fraction of sp³-hybridized carbons (Fsp3) is 0.0952. The van der Waals surface area contributed by atoms with E-state index in [0.717, 1.165) is 29.3 Å². The number of nitrogens with one attached hydrogen (secondary N) is 1. The van der Waals surface area contributed by atoms with Crippen molar-refractivity contribution in [3.05, 3.63) is 95.1 Å². The van der Waals surface area contributed by atoms with E-state index in [9.17, 15) is 22.0 Å². The monoisotopic (exact) mass is 417 g/mol. The van der Waals surface area contributed by atoms with E-state index in [4.69, 9.17) is 5.11 Å². The van der Waals surface area contributed by atoms with Crippen LogP contribution in [0.15, 0.2) is 71.6 Å². The van der Waals surface area contributed by atoms with Gasteiger partial charge in [-0.25, -0.2) is 22.0 Å². The molecule has 0 bridgehead atoms. The SMILES string of the molecule is O=C(O)c1ccc(CCc2ccc(NS(=O)(=O)c3c(F)cccc3F)cc2)cc1. The molecule has 29 heavy (non-hydrogen) atoms. The minimum Gasteiger partial charge on any atom is -0.478 e. The van der Waals surface area contributed by atoms with Gasteiger partial charge in [0, 0.05) is 5.69 Å². The quantitative estimate of drug-likeness (QED) is 0.602. The van der Waals surface area contributed by atoms with Gasteiger partial charge in [0.15, 0.2) is 4.90 Å². The summed E-state index contributed by atoms with van der Waals surface area (Å²) in [6.07, 6.45) is 1.33. The van der Waals surface area contributed by atoms with Gasteiger partial charge in [-0.15, -0.1) is 0 Å². The van der Waals surface area contributed by atoms with E-state index >= 15 is 0 Å². The molecule has 3 aromatic carbocycles. The van der Waals surface area contributed by atoms with Gasteiger partial charge in [0.2, 0.25) is 0 Å². The van der Waals surface area contributed by atoms with Crippen LogP contribution >= 0.6 is 0 Å². The Morgan fingerprint density at radius 1 is 0.828 bits per heavy atom. The van der Waals surface area contributed by atoms with Crippen LogP contribution in [0.3, 0.4) is 0 Å². The van der Waals surface area contributed by atoms with Gasteiger partial charge in [0.25, 0.3) is 10.0 Å². The molecule has 0 aromatic heterocycles. The third-order valence-corrected chi connectivity index (χ3v) is 5.73. The first-order valence-electron chi connectivity index (χ1n) is 8.64. The lowest BCUT2D eigenvalue weighted by molar-refractivity contribution is 0.0697. The molecule has 8 heteroatoms. The molecule has 3 rings (SSSR count). The molecular weight excluding hydrogens is 400 g/mol. The summed E-state index contributed by atoms with van der Waals surface area (Å²) in [6.45, 7) is 0. The zero-order valence-electron chi connectivity index (χ0n) is 15.1. The van der Waals surface area contributed by atoms with Crippen molar-refractivity contribution in [2.24, 2.45) is 0 Å². The number of hydrogen-bond acceptors (Lipinski definition) is 3. The highest BCUT2D eigenvalue weighted by molar-refractivity contribution is 7.92. The van der Waals surface area contributed by atoms with Crippen molar-refractivity contribution in [3.8, 4) is 0 Å². The van der Waals surface area contributed by atoms with E-state index in [1.165, 1.54) is 24.3 Å². The summed E-state index contributed by atoms with van der Waals surface area (Å²) in [5, 5.41) is 8.90. The lowest BCUT2D eigenvalue weighted by Crippen LogP contribution is -2.16. The summed E-state index contributed by atoms with van der Waals surface area (Å²) in [4.78, 5) is 9.84. The number of halogens is 2. The average molecular weight is 417 g/mol. The predicted octanol–water partition coefficient (Wildman–Crippen LogP) is 4.25. The zero-order valence-corrected chi connectivity index (χ0v) is 15.9. The van der Waals surface area contributed by atoms with E-state index in [0.29, 0.717) is 12.8 Å². The maximum Gasteiger partial charge on any atom is 0.335 e. The van der Waals surface area contributed by atoms with Crippen LogP contribution in [0.25, 0.3) is 0 Å². The molecule has 0 unspecified atom stereocenters. The number of rotatable bonds is 7. The summed E-state index contributed by atoms with van der Waals surface area (Å²) in [5.74, 6) is -3.31. The second-order valence-electron chi connectivity index (χ2n) is 6.36. The Kier molecular flexibility index (Phi) is 5.93. The maximum atomic E-state index is 13.8. The molecule has 0 heterocycles. The lowest BCUT2D eigenvalue weighted by atomic mass is 10.0. The van der Waals surface area contributed by atoms with Crippen LogP contribution in [0.5, 0.6) is 0 Å². The van der Waals surface area contributed by atoms with Crippen LogP contribution in [0.4, 0.5) is 14.5 Å². The number of benzene rings is 3. The van der Waals surface area contributed by atoms with Crippen LogP contribution in [0, 0.1) is 11.6 Å². The summed E-state index contributed by atoms with van der Waals surface area (Å²) < 4.78 is 54.2. The first-order chi connectivity index (χ1) is 13.8. The summed E-state index contributed by atoms with van der Waals surface area (Å²) in [7, 11) is -4.40. The minimum absolute atomic E-state index is 0.183.